The van der Waals surface area contributed by atoms with Gasteiger partial charge in [-0.1, -0.05) is 38.1 Å². The Kier molecular flexibility index (Phi) is 7.29. The zero-order chi connectivity index (χ0) is 20.8. The molecule has 28 heavy (non-hydrogen) atoms. The Bertz CT molecular complexity index is 851. The van der Waals surface area contributed by atoms with Gasteiger partial charge >= 0.3 is 0 Å². The zero-order valence-electron chi connectivity index (χ0n) is 17.0. The predicted octanol–water partition coefficient (Wildman–Crippen LogP) is 4.16. The molecule has 0 fully saturated rings. The quantitative estimate of drug-likeness (QED) is 0.752. The van der Waals surface area contributed by atoms with E-state index in [0.29, 0.717) is 5.69 Å². The maximum absolute atomic E-state index is 13.2. The summed E-state index contributed by atoms with van der Waals surface area (Å²) < 4.78 is 13.2. The van der Waals surface area contributed by atoms with Gasteiger partial charge < -0.3 is 10.6 Å². The molecule has 0 aromatic heterocycles. The van der Waals surface area contributed by atoms with Crippen LogP contribution < -0.4 is 10.6 Å². The summed E-state index contributed by atoms with van der Waals surface area (Å²) in [4.78, 5) is 26.6. The molecule has 2 amide bonds. The lowest BCUT2D eigenvalue weighted by atomic mass is 9.98. The lowest BCUT2D eigenvalue weighted by Gasteiger charge is -2.25. The van der Waals surface area contributed by atoms with Crippen LogP contribution in [0.4, 0.5) is 15.8 Å². The summed E-state index contributed by atoms with van der Waals surface area (Å²) in [5.74, 6) is -0.637. The Hall–Kier alpha value is -2.73. The van der Waals surface area contributed by atoms with E-state index in [-0.39, 0.29) is 24.3 Å². The number of nitrogens with one attached hydrogen (secondary N) is 2. The summed E-state index contributed by atoms with van der Waals surface area (Å²) in [6.07, 6.45) is 0. The van der Waals surface area contributed by atoms with Crippen molar-refractivity contribution < 1.29 is 14.0 Å². The molecule has 0 bridgehead atoms. The van der Waals surface area contributed by atoms with Crippen molar-refractivity contribution in [3.05, 3.63) is 59.4 Å². The van der Waals surface area contributed by atoms with E-state index in [9.17, 15) is 14.0 Å². The van der Waals surface area contributed by atoms with Gasteiger partial charge in [0, 0.05) is 11.4 Å². The molecule has 0 unspecified atom stereocenters. The van der Waals surface area contributed by atoms with Crippen molar-refractivity contribution in [2.75, 3.05) is 24.2 Å². The number of rotatable bonds is 7. The van der Waals surface area contributed by atoms with Crippen molar-refractivity contribution in [1.29, 1.82) is 0 Å². The summed E-state index contributed by atoms with van der Waals surface area (Å²) >= 11 is 0. The first-order valence-corrected chi connectivity index (χ1v) is 9.35. The fraction of sp³-hybridized carbons (Fsp3) is 0.364. The third kappa shape index (κ3) is 5.63. The van der Waals surface area contributed by atoms with Gasteiger partial charge in [0.05, 0.1) is 12.6 Å². The highest BCUT2D eigenvalue weighted by molar-refractivity contribution is 5.97. The topological polar surface area (TPSA) is 61.4 Å². The van der Waals surface area contributed by atoms with Crippen molar-refractivity contribution >= 4 is 23.2 Å². The molecule has 0 heterocycles. The number of hydrogen-bond acceptors (Lipinski definition) is 3. The fourth-order valence-corrected chi connectivity index (χ4v) is 2.90. The molecule has 0 saturated carbocycles. The van der Waals surface area contributed by atoms with E-state index in [4.69, 9.17) is 0 Å². The lowest BCUT2D eigenvalue weighted by Crippen LogP contribution is -2.43. The Morgan fingerprint density at radius 2 is 1.75 bits per heavy atom. The molecule has 150 valence electrons. The third-order valence-electron chi connectivity index (χ3n) is 4.72. The van der Waals surface area contributed by atoms with E-state index in [2.05, 4.69) is 24.5 Å². The van der Waals surface area contributed by atoms with E-state index in [1.54, 1.807) is 24.9 Å². The molecule has 5 nitrogen and oxygen atoms in total. The maximum Gasteiger partial charge on any atom is 0.241 e. The molecular weight excluding hydrogens is 357 g/mol. The Morgan fingerprint density at radius 1 is 1.07 bits per heavy atom. The number of aryl methyl sites for hydroxylation is 1. The largest absolute Gasteiger partial charge is 0.325 e. The van der Waals surface area contributed by atoms with Crippen LogP contribution in [0, 0.1) is 12.7 Å². The van der Waals surface area contributed by atoms with E-state index in [1.165, 1.54) is 18.2 Å². The van der Waals surface area contributed by atoms with Crippen LogP contribution in [0.25, 0.3) is 0 Å². The molecule has 0 aliphatic carbocycles. The van der Waals surface area contributed by atoms with Crippen LogP contribution in [0.1, 0.15) is 37.8 Å². The van der Waals surface area contributed by atoms with Gasteiger partial charge in [-0.05, 0) is 56.1 Å². The normalized spacial score (nSPS) is 12.1. The Morgan fingerprint density at radius 3 is 2.39 bits per heavy atom. The van der Waals surface area contributed by atoms with Gasteiger partial charge in [-0.3, -0.25) is 14.5 Å². The molecule has 6 heteroatoms. The van der Waals surface area contributed by atoms with Crippen LogP contribution in [0.2, 0.25) is 0 Å². The summed E-state index contributed by atoms with van der Waals surface area (Å²) in [6.45, 7) is 7.88. The van der Waals surface area contributed by atoms with Crippen LogP contribution in [0.15, 0.2) is 42.5 Å². The average Bonchev–Trinajstić information content (AvgIpc) is 2.62. The van der Waals surface area contributed by atoms with E-state index >= 15 is 0 Å². The predicted molar refractivity (Wildman–Crippen MR) is 111 cm³/mol. The second-order valence-corrected chi connectivity index (χ2v) is 7.33. The van der Waals surface area contributed by atoms with Crippen LogP contribution in [0.5, 0.6) is 0 Å². The average molecular weight is 385 g/mol. The van der Waals surface area contributed by atoms with Crippen molar-refractivity contribution in [3.63, 3.8) is 0 Å². The number of likely N-dealkylation sites (N-methyl/N-ethyl adjacent to an activating group) is 1. The SMILES string of the molecule is Cc1cccc(C(C)C)c1NC(=O)[C@@H](C)N(C)CC(=O)Nc1cccc(F)c1. The van der Waals surface area contributed by atoms with Gasteiger partial charge in [-0.15, -0.1) is 0 Å². The smallest absolute Gasteiger partial charge is 0.241 e. The standard InChI is InChI=1S/C22H28FN3O2/c1-14(2)19-11-6-8-15(3)21(19)25-22(28)16(4)26(5)13-20(27)24-18-10-7-9-17(23)12-18/h6-12,14,16H,13H2,1-5H3,(H,24,27)(H,25,28)/t16-/m1/s1. The van der Waals surface area contributed by atoms with Crippen LogP contribution >= 0.6 is 0 Å². The lowest BCUT2D eigenvalue weighted by molar-refractivity contribution is -0.122. The molecule has 0 aliphatic heterocycles. The van der Waals surface area contributed by atoms with Gasteiger partial charge in [0.1, 0.15) is 5.82 Å². The monoisotopic (exact) mass is 385 g/mol. The number of carbonyl (C=O) groups excluding carboxylic acids is 2. The Labute approximate surface area is 165 Å². The molecule has 0 spiro atoms. The van der Waals surface area contributed by atoms with Crippen molar-refractivity contribution in [2.24, 2.45) is 0 Å². The molecule has 0 saturated heterocycles. The molecule has 2 aromatic carbocycles. The zero-order valence-corrected chi connectivity index (χ0v) is 17.0. The van der Waals surface area contributed by atoms with Crippen molar-refractivity contribution in [2.45, 2.75) is 39.7 Å². The molecular formula is C22H28FN3O2. The third-order valence-corrected chi connectivity index (χ3v) is 4.72. The minimum Gasteiger partial charge on any atom is -0.325 e. The van der Waals surface area contributed by atoms with Gasteiger partial charge in [0.15, 0.2) is 0 Å². The number of nitrogens with zero attached hydrogens (tertiary/aromatic N) is 1. The first-order chi connectivity index (χ1) is 13.2. The molecule has 2 aromatic rings. The fourth-order valence-electron chi connectivity index (χ4n) is 2.90. The van der Waals surface area contributed by atoms with Crippen LogP contribution in [-0.2, 0) is 9.59 Å². The van der Waals surface area contributed by atoms with E-state index in [0.717, 1.165) is 16.8 Å². The van der Waals surface area contributed by atoms with Gasteiger partial charge in [-0.2, -0.15) is 0 Å². The number of carbonyl (C=O) groups is 2. The summed E-state index contributed by atoms with van der Waals surface area (Å²) in [5.41, 5.74) is 3.29. The van der Waals surface area contributed by atoms with Crippen LogP contribution in [0.3, 0.4) is 0 Å². The number of anilines is 2. The molecule has 0 aliphatic rings. The summed E-state index contributed by atoms with van der Waals surface area (Å²) in [7, 11) is 1.70. The van der Waals surface area contributed by atoms with E-state index in [1.807, 2.05) is 25.1 Å². The van der Waals surface area contributed by atoms with Gasteiger partial charge in [0.25, 0.3) is 0 Å². The van der Waals surface area contributed by atoms with E-state index < -0.39 is 11.9 Å². The second-order valence-electron chi connectivity index (χ2n) is 7.33. The summed E-state index contributed by atoms with van der Waals surface area (Å²) in [6, 6.07) is 11.1. The molecule has 1 atom stereocenters. The maximum atomic E-state index is 13.2. The molecule has 0 radical (unpaired) electrons. The van der Waals surface area contributed by atoms with Crippen molar-refractivity contribution in [1.82, 2.24) is 4.90 Å². The molecule has 2 rings (SSSR count). The number of para-hydroxylation sites is 1. The van der Waals surface area contributed by atoms with Crippen LogP contribution in [-0.4, -0.2) is 36.3 Å². The minimum absolute atomic E-state index is 0.00983. The highest BCUT2D eigenvalue weighted by Crippen LogP contribution is 2.27. The second kappa shape index (κ2) is 9.46. The summed E-state index contributed by atoms with van der Waals surface area (Å²) in [5, 5.41) is 5.65. The number of hydrogen-bond donors (Lipinski definition) is 2. The first-order valence-electron chi connectivity index (χ1n) is 9.35. The first kappa shape index (κ1) is 21.6. The van der Waals surface area contributed by atoms with Crippen molar-refractivity contribution in [3.8, 4) is 0 Å². The highest BCUT2D eigenvalue weighted by atomic mass is 19.1. The number of halogens is 1. The highest BCUT2D eigenvalue weighted by Gasteiger charge is 2.22. The van der Waals surface area contributed by atoms with Gasteiger partial charge in [0.2, 0.25) is 11.8 Å². The number of benzene rings is 2. The molecule has 2 N–H and O–H groups in total. The number of amides is 2. The van der Waals surface area contributed by atoms with Gasteiger partial charge in [-0.25, -0.2) is 4.39 Å². The Balaban J connectivity index is 2.00. The minimum atomic E-state index is -0.516.